The maximum atomic E-state index is 14.7. The number of para-hydroxylation sites is 1. The van der Waals surface area contributed by atoms with Crippen LogP contribution < -0.4 is 19.5 Å². The average molecular weight is 471 g/mol. The molecule has 1 saturated heterocycles. The first-order chi connectivity index (χ1) is 17.1. The molecule has 0 radical (unpaired) electrons. The maximum absolute atomic E-state index is 14.7. The molecule has 35 heavy (non-hydrogen) atoms. The molecular formula is C26H18FN3O5. The topological polar surface area (TPSA) is 86.6 Å². The number of ether oxygens (including phenoxy) is 4. The zero-order valence-corrected chi connectivity index (χ0v) is 18.2. The Balaban J connectivity index is 1.33. The van der Waals surface area contributed by atoms with Crippen LogP contribution in [0.4, 0.5) is 20.6 Å². The largest absolute Gasteiger partial charge is 0.502 e. The summed E-state index contributed by atoms with van der Waals surface area (Å²) >= 11 is 0. The van der Waals surface area contributed by atoms with Gasteiger partial charge in [0.15, 0.2) is 5.82 Å². The molecule has 0 aliphatic carbocycles. The van der Waals surface area contributed by atoms with Crippen molar-refractivity contribution in [1.29, 1.82) is 0 Å². The molecule has 0 unspecified atom stereocenters. The molecule has 0 spiro atoms. The zero-order chi connectivity index (χ0) is 24.2. The lowest BCUT2D eigenvalue weighted by molar-refractivity contribution is 0.215. The minimum atomic E-state index is -0.818. The molecule has 9 heteroatoms. The molecule has 0 bridgehead atoms. The summed E-state index contributed by atoms with van der Waals surface area (Å²) in [7, 11) is 0. The number of carbonyl (C=O) groups is 1. The predicted octanol–water partition coefficient (Wildman–Crippen LogP) is 6.11. The van der Waals surface area contributed by atoms with Crippen molar-refractivity contribution in [3.05, 3.63) is 90.2 Å². The van der Waals surface area contributed by atoms with Crippen LogP contribution in [0, 0.1) is 12.4 Å². The molecule has 1 aliphatic heterocycles. The Morgan fingerprint density at radius 2 is 1.94 bits per heavy atom. The molecule has 8 nitrogen and oxygen atoms in total. The van der Waals surface area contributed by atoms with E-state index >= 15 is 0 Å². The Bertz CT molecular complexity index is 1430. The highest BCUT2D eigenvalue weighted by Gasteiger charge is 2.24. The van der Waals surface area contributed by atoms with Gasteiger partial charge in [0.25, 0.3) is 0 Å². The van der Waals surface area contributed by atoms with Gasteiger partial charge in [-0.15, -0.1) is 0 Å². The van der Waals surface area contributed by atoms with E-state index in [0.29, 0.717) is 47.1 Å². The zero-order valence-electron chi connectivity index (χ0n) is 18.2. The van der Waals surface area contributed by atoms with Gasteiger partial charge in [-0.1, -0.05) is 18.2 Å². The summed E-state index contributed by atoms with van der Waals surface area (Å²) in [6.07, 6.45) is 0.788. The monoisotopic (exact) mass is 471 g/mol. The van der Waals surface area contributed by atoms with E-state index in [1.165, 1.54) is 12.1 Å². The fraction of sp³-hybridized carbons (Fsp3) is 0.115. The van der Waals surface area contributed by atoms with Gasteiger partial charge in [0.2, 0.25) is 5.69 Å². The lowest BCUT2D eigenvalue weighted by Gasteiger charge is -2.13. The Labute approximate surface area is 199 Å². The molecule has 4 aromatic rings. The van der Waals surface area contributed by atoms with Gasteiger partial charge >= 0.3 is 6.09 Å². The number of carbonyl (C=O) groups excluding carboxylic acids is 1. The summed E-state index contributed by atoms with van der Waals surface area (Å²) < 4.78 is 36.5. The number of nitrogens with one attached hydrogen (secondary N) is 1. The molecule has 1 aromatic heterocycles. The van der Waals surface area contributed by atoms with E-state index in [-0.39, 0.29) is 17.5 Å². The Morgan fingerprint density at radius 3 is 2.69 bits per heavy atom. The number of amides is 1. The number of benzene rings is 3. The van der Waals surface area contributed by atoms with E-state index in [1.54, 1.807) is 54.7 Å². The Morgan fingerprint density at radius 1 is 1.11 bits per heavy atom. The summed E-state index contributed by atoms with van der Waals surface area (Å²) in [6, 6.07) is 17.4. The molecule has 5 rings (SSSR count). The third kappa shape index (κ3) is 5.29. The van der Waals surface area contributed by atoms with Crippen molar-refractivity contribution in [3.8, 4) is 23.0 Å². The fourth-order valence-electron chi connectivity index (χ4n) is 3.29. The minimum Gasteiger partial charge on any atom is -0.502 e. The number of hydrogen-bond acceptors (Lipinski definition) is 6. The van der Waals surface area contributed by atoms with Gasteiger partial charge in [-0.3, -0.25) is 10.3 Å². The number of hydrogen-bond donors (Lipinski definition) is 1. The normalized spacial score (nSPS) is 14.1. The van der Waals surface area contributed by atoms with Crippen LogP contribution >= 0.6 is 0 Å². The van der Waals surface area contributed by atoms with Crippen LogP contribution in [0.3, 0.4) is 0 Å². The van der Waals surface area contributed by atoms with E-state index < -0.39 is 11.9 Å². The molecule has 3 aromatic carbocycles. The molecule has 174 valence electrons. The number of rotatable bonds is 7. The van der Waals surface area contributed by atoms with Crippen LogP contribution in [-0.4, -0.2) is 30.4 Å². The molecular weight excluding hydrogens is 453 g/mol. The number of halogens is 1. The highest BCUT2D eigenvalue weighted by Crippen LogP contribution is 2.38. The smallest absolute Gasteiger partial charge is 0.417 e. The van der Waals surface area contributed by atoms with Crippen LogP contribution in [0.2, 0.25) is 0 Å². The second-order valence-corrected chi connectivity index (χ2v) is 7.60. The van der Waals surface area contributed by atoms with Crippen LogP contribution in [0.5, 0.6) is 23.0 Å². The second kappa shape index (κ2) is 9.67. The number of fused-ring (bicyclic) bond motifs is 1. The number of nitrogens with zero attached hydrogens (tertiary/aromatic N) is 2. The highest BCUT2D eigenvalue weighted by molar-refractivity contribution is 5.91. The van der Waals surface area contributed by atoms with Crippen molar-refractivity contribution in [3.63, 3.8) is 0 Å². The first-order valence-corrected chi connectivity index (χ1v) is 10.6. The van der Waals surface area contributed by atoms with Gasteiger partial charge in [-0.25, -0.2) is 14.0 Å². The molecule has 1 atom stereocenters. The van der Waals surface area contributed by atoms with Crippen molar-refractivity contribution in [2.24, 2.45) is 0 Å². The van der Waals surface area contributed by atoms with Gasteiger partial charge in [0.05, 0.1) is 24.4 Å². The van der Waals surface area contributed by atoms with Crippen molar-refractivity contribution in [1.82, 2.24) is 4.98 Å². The molecule has 1 N–H and O–H groups in total. The first kappa shape index (κ1) is 22.1. The molecule has 1 amide bonds. The summed E-state index contributed by atoms with van der Waals surface area (Å²) in [5.74, 6) is 0.637. The van der Waals surface area contributed by atoms with E-state index in [9.17, 15) is 9.18 Å². The fourth-order valence-corrected chi connectivity index (χ4v) is 3.29. The predicted molar refractivity (Wildman–Crippen MR) is 126 cm³/mol. The number of aromatic nitrogens is 1. The summed E-state index contributed by atoms with van der Waals surface area (Å²) in [5, 5.41) is 2.94. The van der Waals surface area contributed by atoms with Crippen LogP contribution in [-0.2, 0) is 4.74 Å². The van der Waals surface area contributed by atoms with Crippen LogP contribution in [0.15, 0.2) is 72.9 Å². The first-order valence-electron chi connectivity index (χ1n) is 10.6. The van der Waals surface area contributed by atoms with Gasteiger partial charge in [0.1, 0.15) is 35.7 Å². The van der Waals surface area contributed by atoms with Crippen molar-refractivity contribution in [2.45, 2.75) is 6.10 Å². The van der Waals surface area contributed by atoms with E-state index in [0.717, 1.165) is 6.07 Å². The average Bonchev–Trinajstić information content (AvgIpc) is 3.69. The van der Waals surface area contributed by atoms with Gasteiger partial charge in [0, 0.05) is 17.6 Å². The quantitative estimate of drug-likeness (QED) is 0.259. The molecule has 0 saturated carbocycles. The summed E-state index contributed by atoms with van der Waals surface area (Å²) in [6.45, 7) is 8.50. The van der Waals surface area contributed by atoms with Crippen molar-refractivity contribution in [2.75, 3.05) is 18.5 Å². The summed E-state index contributed by atoms with van der Waals surface area (Å²) in [5.41, 5.74) is 0.803. The molecule has 2 heterocycles. The minimum absolute atomic E-state index is 0.0551. The third-order valence-corrected chi connectivity index (χ3v) is 5.09. The lowest BCUT2D eigenvalue weighted by atomic mass is 10.1. The maximum Gasteiger partial charge on any atom is 0.417 e. The molecule has 1 aliphatic rings. The number of pyridine rings is 1. The Hall–Kier alpha value is -4.68. The van der Waals surface area contributed by atoms with E-state index in [4.69, 9.17) is 25.5 Å². The summed E-state index contributed by atoms with van der Waals surface area (Å²) in [4.78, 5) is 19.9. The van der Waals surface area contributed by atoms with Crippen molar-refractivity contribution >= 4 is 28.4 Å². The van der Waals surface area contributed by atoms with Crippen molar-refractivity contribution < 1.29 is 28.1 Å². The lowest BCUT2D eigenvalue weighted by Crippen LogP contribution is -2.17. The molecule has 1 fully saturated rings. The van der Waals surface area contributed by atoms with Gasteiger partial charge in [-0.2, -0.15) is 0 Å². The number of epoxide rings is 1. The van der Waals surface area contributed by atoms with Gasteiger partial charge in [-0.05, 0) is 42.5 Å². The van der Waals surface area contributed by atoms with Crippen LogP contribution in [0.25, 0.3) is 15.7 Å². The highest BCUT2D eigenvalue weighted by atomic mass is 19.1. The van der Waals surface area contributed by atoms with E-state index in [2.05, 4.69) is 15.1 Å². The SMILES string of the molecule is [C-]#[N+]c1cc2c(Oc3ccc(NC(=O)Oc4ccccc4)c(F)c3)ccnc2cc1OC[C@H]1CO1. The Kier molecular flexibility index (Phi) is 6.11. The van der Waals surface area contributed by atoms with E-state index in [1.807, 2.05) is 0 Å². The van der Waals surface area contributed by atoms with Gasteiger partial charge < -0.3 is 18.9 Å². The standard InChI is InChI=1S/C26H18FN3O5/c1-28-23-12-19-22(13-25(23)33-15-18-14-32-18)29-10-9-24(19)34-17-7-8-21(20(27)11-17)30-26(31)35-16-5-3-2-4-6-16/h2-13,18H,14-15H2,(H,30,31)/t18-/m1/s1. The van der Waals surface area contributed by atoms with Crippen LogP contribution in [0.1, 0.15) is 0 Å². The second-order valence-electron chi connectivity index (χ2n) is 7.60. The number of anilines is 1. The third-order valence-electron chi connectivity index (χ3n) is 5.09.